The minimum absolute atomic E-state index is 0.370. The molecule has 1 aliphatic rings. The predicted molar refractivity (Wildman–Crippen MR) is 120 cm³/mol. The summed E-state index contributed by atoms with van der Waals surface area (Å²) < 4.78 is 0. The highest BCUT2D eigenvalue weighted by atomic mass is 16.3. The molecule has 31 heavy (non-hydrogen) atoms. The second-order valence-electron chi connectivity index (χ2n) is 7.65. The Labute approximate surface area is 181 Å². The first-order chi connectivity index (χ1) is 14.8. The molecule has 1 aliphatic heterocycles. The Bertz CT molecular complexity index is 1270. The molecule has 0 unspecified atom stereocenters. The summed E-state index contributed by atoms with van der Waals surface area (Å²) in [6.07, 6.45) is 0. The number of hydrogen-bond donors (Lipinski definition) is 1. The molecular weight excluding hydrogens is 386 g/mol. The molecule has 3 aromatic carbocycles. The number of carbonyl (C=O) groups excluding carboxylic acids is 2. The van der Waals surface area contributed by atoms with Gasteiger partial charge in [-0.1, -0.05) is 54.0 Å². The molecule has 0 spiro atoms. The maximum atomic E-state index is 12.8. The van der Waals surface area contributed by atoms with E-state index in [-0.39, 0.29) is 11.8 Å². The first kappa shape index (κ1) is 20.2. The van der Waals surface area contributed by atoms with Gasteiger partial charge >= 0.3 is 0 Å². The van der Waals surface area contributed by atoms with E-state index in [2.05, 4.69) is 23.7 Å². The van der Waals surface area contributed by atoms with Crippen molar-refractivity contribution in [3.8, 4) is 23.7 Å². The SMILES string of the molecule is CC(C)(O)C#Cc1cc(N2C(=O)c3ccccc3C2=O)ccc1C#Cc1ccccc1. The van der Waals surface area contributed by atoms with E-state index in [0.717, 1.165) is 10.5 Å². The van der Waals surface area contributed by atoms with E-state index in [1.54, 1.807) is 56.3 Å². The lowest BCUT2D eigenvalue weighted by Gasteiger charge is -2.15. The fraction of sp³-hybridized carbons (Fsp3) is 0.111. The van der Waals surface area contributed by atoms with Crippen molar-refractivity contribution in [2.45, 2.75) is 19.4 Å². The van der Waals surface area contributed by atoms with Crippen molar-refractivity contribution in [1.29, 1.82) is 0 Å². The van der Waals surface area contributed by atoms with Gasteiger partial charge in [-0.3, -0.25) is 9.59 Å². The Morgan fingerprint density at radius 3 is 1.97 bits per heavy atom. The Morgan fingerprint density at radius 1 is 0.742 bits per heavy atom. The Balaban J connectivity index is 1.78. The van der Waals surface area contributed by atoms with Crippen molar-refractivity contribution in [2.75, 3.05) is 4.90 Å². The fourth-order valence-electron chi connectivity index (χ4n) is 3.19. The average molecular weight is 405 g/mol. The van der Waals surface area contributed by atoms with E-state index in [4.69, 9.17) is 0 Å². The molecule has 0 aromatic heterocycles. The van der Waals surface area contributed by atoms with Gasteiger partial charge in [0.15, 0.2) is 0 Å². The van der Waals surface area contributed by atoms with Crippen LogP contribution in [0.3, 0.4) is 0 Å². The van der Waals surface area contributed by atoms with Gasteiger partial charge in [-0.15, -0.1) is 0 Å². The Morgan fingerprint density at radius 2 is 1.35 bits per heavy atom. The molecule has 0 bridgehead atoms. The highest BCUT2D eigenvalue weighted by Crippen LogP contribution is 2.29. The van der Waals surface area contributed by atoms with E-state index in [1.807, 2.05) is 30.3 Å². The number of amides is 2. The van der Waals surface area contributed by atoms with Gasteiger partial charge in [-0.25, -0.2) is 4.90 Å². The topological polar surface area (TPSA) is 57.6 Å². The van der Waals surface area contributed by atoms with Gasteiger partial charge < -0.3 is 5.11 Å². The smallest absolute Gasteiger partial charge is 0.266 e. The second kappa shape index (κ2) is 7.95. The van der Waals surface area contributed by atoms with Gasteiger partial charge in [-0.2, -0.15) is 0 Å². The monoisotopic (exact) mass is 405 g/mol. The van der Waals surface area contributed by atoms with Crippen molar-refractivity contribution in [3.63, 3.8) is 0 Å². The number of fused-ring (bicyclic) bond motifs is 1. The molecular formula is C27H19NO3. The molecule has 150 valence electrons. The van der Waals surface area contributed by atoms with E-state index < -0.39 is 5.60 Å². The van der Waals surface area contributed by atoms with Crippen molar-refractivity contribution in [3.05, 3.63) is 101 Å². The lowest BCUT2D eigenvalue weighted by atomic mass is 10.0. The van der Waals surface area contributed by atoms with Gasteiger partial charge in [0, 0.05) is 16.7 Å². The zero-order valence-corrected chi connectivity index (χ0v) is 17.1. The highest BCUT2D eigenvalue weighted by Gasteiger charge is 2.36. The van der Waals surface area contributed by atoms with Crippen LogP contribution in [-0.4, -0.2) is 22.5 Å². The molecule has 4 nitrogen and oxygen atoms in total. The number of rotatable bonds is 1. The van der Waals surface area contributed by atoms with Crippen LogP contribution in [0.2, 0.25) is 0 Å². The number of benzene rings is 3. The lowest BCUT2D eigenvalue weighted by molar-refractivity contribution is 0.0926. The van der Waals surface area contributed by atoms with Crippen LogP contribution >= 0.6 is 0 Å². The number of carbonyl (C=O) groups is 2. The summed E-state index contributed by atoms with van der Waals surface area (Å²) in [4.78, 5) is 26.8. The number of hydrogen-bond acceptors (Lipinski definition) is 3. The summed E-state index contributed by atoms with van der Waals surface area (Å²) in [5.74, 6) is 11.2. The van der Waals surface area contributed by atoms with Crippen LogP contribution in [-0.2, 0) is 0 Å². The zero-order chi connectivity index (χ0) is 22.0. The summed E-state index contributed by atoms with van der Waals surface area (Å²) in [7, 11) is 0. The third-order valence-electron chi connectivity index (χ3n) is 4.67. The molecule has 0 atom stereocenters. The van der Waals surface area contributed by atoms with Crippen LogP contribution in [0.4, 0.5) is 5.69 Å². The van der Waals surface area contributed by atoms with Crippen molar-refractivity contribution in [2.24, 2.45) is 0 Å². The van der Waals surface area contributed by atoms with Crippen molar-refractivity contribution in [1.82, 2.24) is 0 Å². The number of nitrogens with zero attached hydrogens (tertiary/aromatic N) is 1. The summed E-state index contributed by atoms with van der Waals surface area (Å²) in [6, 6.07) is 21.4. The lowest BCUT2D eigenvalue weighted by Crippen LogP contribution is -2.29. The average Bonchev–Trinajstić information content (AvgIpc) is 3.02. The van der Waals surface area contributed by atoms with Crippen LogP contribution in [0.1, 0.15) is 51.3 Å². The van der Waals surface area contributed by atoms with Gasteiger partial charge in [0.2, 0.25) is 0 Å². The van der Waals surface area contributed by atoms with E-state index in [9.17, 15) is 14.7 Å². The number of imide groups is 1. The van der Waals surface area contributed by atoms with Gasteiger partial charge in [-0.05, 0) is 56.3 Å². The maximum absolute atomic E-state index is 12.8. The van der Waals surface area contributed by atoms with Gasteiger partial charge in [0.1, 0.15) is 5.60 Å². The fourth-order valence-corrected chi connectivity index (χ4v) is 3.19. The van der Waals surface area contributed by atoms with E-state index >= 15 is 0 Å². The first-order valence-corrected chi connectivity index (χ1v) is 9.78. The quantitative estimate of drug-likeness (QED) is 0.492. The van der Waals surface area contributed by atoms with Crippen LogP contribution in [0.15, 0.2) is 72.8 Å². The predicted octanol–water partition coefficient (Wildman–Crippen LogP) is 4.01. The van der Waals surface area contributed by atoms with E-state index in [1.165, 1.54) is 0 Å². The third-order valence-corrected chi connectivity index (χ3v) is 4.67. The normalized spacial score (nSPS) is 12.5. The highest BCUT2D eigenvalue weighted by molar-refractivity contribution is 6.34. The van der Waals surface area contributed by atoms with Crippen molar-refractivity contribution >= 4 is 17.5 Å². The van der Waals surface area contributed by atoms with E-state index in [0.29, 0.717) is 27.9 Å². The molecule has 0 saturated carbocycles. The molecule has 2 amide bonds. The van der Waals surface area contributed by atoms with Gasteiger partial charge in [0.25, 0.3) is 11.8 Å². The molecule has 4 rings (SSSR count). The maximum Gasteiger partial charge on any atom is 0.266 e. The minimum Gasteiger partial charge on any atom is -0.378 e. The molecule has 0 aliphatic carbocycles. The van der Waals surface area contributed by atoms with Gasteiger partial charge in [0.05, 0.1) is 16.8 Å². The van der Waals surface area contributed by atoms with Crippen LogP contribution in [0.25, 0.3) is 0 Å². The largest absolute Gasteiger partial charge is 0.378 e. The molecule has 1 heterocycles. The van der Waals surface area contributed by atoms with Crippen molar-refractivity contribution < 1.29 is 14.7 Å². The van der Waals surface area contributed by atoms with Crippen LogP contribution < -0.4 is 4.90 Å². The molecule has 0 fully saturated rings. The first-order valence-electron chi connectivity index (χ1n) is 9.78. The summed E-state index contributed by atoms with van der Waals surface area (Å²) >= 11 is 0. The zero-order valence-electron chi connectivity index (χ0n) is 17.1. The second-order valence-corrected chi connectivity index (χ2v) is 7.65. The third kappa shape index (κ3) is 4.26. The molecule has 0 radical (unpaired) electrons. The molecule has 3 aromatic rings. The Hall–Kier alpha value is -4.12. The molecule has 0 saturated heterocycles. The summed E-state index contributed by atoms with van der Waals surface area (Å²) in [5, 5.41) is 10.0. The van der Waals surface area contributed by atoms with Crippen LogP contribution in [0, 0.1) is 23.7 Å². The molecule has 4 heteroatoms. The summed E-state index contributed by atoms with van der Waals surface area (Å²) in [5.41, 5.74) is 2.00. The standard InChI is InChI=1S/C27H19NO3/c1-27(2,31)17-16-21-18-22(15-14-20(21)13-12-19-8-4-3-5-9-19)28-25(29)23-10-6-7-11-24(23)26(28)30/h3-11,14-15,18,31H,1-2H3. The number of aliphatic hydroxyl groups is 1. The number of anilines is 1. The minimum atomic E-state index is -1.20. The van der Waals surface area contributed by atoms with Crippen LogP contribution in [0.5, 0.6) is 0 Å². The Kier molecular flexibility index (Phi) is 5.17. The summed E-state index contributed by atoms with van der Waals surface area (Å²) in [6.45, 7) is 3.17. The molecule has 1 N–H and O–H groups in total.